The van der Waals surface area contributed by atoms with Gasteiger partial charge in [0.15, 0.2) is 0 Å². The summed E-state index contributed by atoms with van der Waals surface area (Å²) in [7, 11) is 0. The summed E-state index contributed by atoms with van der Waals surface area (Å²) in [4.78, 5) is 0. The third kappa shape index (κ3) is 1.33. The molecule has 0 saturated heterocycles. The summed E-state index contributed by atoms with van der Waals surface area (Å²) in [6.45, 7) is 0. The minimum atomic E-state index is 0.693. The fraction of sp³-hybridized carbons (Fsp3) is 0.286. The zero-order valence-corrected chi connectivity index (χ0v) is 5.09. The number of allylic oxidation sites excluding steroid dienone is 4. The van der Waals surface area contributed by atoms with Crippen LogP contribution in [0.3, 0.4) is 0 Å². The average molecular weight is 120 g/mol. The lowest BCUT2D eigenvalue weighted by Gasteiger charge is -2.02. The normalized spacial score (nSPS) is 17.7. The Hall–Kier alpha value is -1.23. The maximum atomic E-state index is 8.39. The molecular weight excluding hydrogens is 112 g/mol. The highest BCUT2D eigenvalue weighted by Crippen LogP contribution is 2.11. The molecule has 0 radical (unpaired) electrons. The predicted molar refractivity (Wildman–Crippen MR) is 35.2 cm³/mol. The molecule has 46 valence electrons. The van der Waals surface area contributed by atoms with Gasteiger partial charge in [-0.25, -0.2) is 0 Å². The molecular formula is C7H8N2. The first kappa shape index (κ1) is 5.90. The van der Waals surface area contributed by atoms with Crippen molar-refractivity contribution in [2.75, 3.05) is 0 Å². The molecule has 1 aliphatic rings. The van der Waals surface area contributed by atoms with Crippen molar-refractivity contribution < 1.29 is 0 Å². The number of nitrogens with two attached hydrogens (primary N) is 1. The molecule has 0 aromatic carbocycles. The van der Waals surface area contributed by atoms with Gasteiger partial charge >= 0.3 is 0 Å². The van der Waals surface area contributed by atoms with E-state index in [-0.39, 0.29) is 0 Å². The van der Waals surface area contributed by atoms with E-state index in [0.717, 1.165) is 18.5 Å². The molecule has 0 atom stereocenters. The van der Waals surface area contributed by atoms with Crippen LogP contribution in [0.2, 0.25) is 0 Å². The molecule has 0 fully saturated rings. The fourth-order valence-electron chi connectivity index (χ4n) is 0.803. The molecule has 0 spiro atoms. The van der Waals surface area contributed by atoms with Crippen molar-refractivity contribution in [1.82, 2.24) is 0 Å². The van der Waals surface area contributed by atoms with Crippen molar-refractivity contribution in [2.45, 2.75) is 12.8 Å². The monoisotopic (exact) mass is 120 g/mol. The Balaban J connectivity index is 2.78. The fourth-order valence-corrected chi connectivity index (χ4v) is 0.803. The standard InChI is InChI=1S/C7H8N2/c8-5-6-2-1-3-7(9)4-6/h2,4H,1,3,9H2. The van der Waals surface area contributed by atoms with E-state index >= 15 is 0 Å². The summed E-state index contributed by atoms with van der Waals surface area (Å²) in [6, 6.07) is 2.04. The summed E-state index contributed by atoms with van der Waals surface area (Å²) in [6.07, 6.45) is 5.43. The number of nitriles is 1. The SMILES string of the molecule is N#CC1=CCCC(N)=C1. The van der Waals surface area contributed by atoms with Crippen molar-refractivity contribution in [2.24, 2.45) is 5.73 Å². The Labute approximate surface area is 54.3 Å². The van der Waals surface area contributed by atoms with Gasteiger partial charge < -0.3 is 5.73 Å². The van der Waals surface area contributed by atoms with Crippen LogP contribution in [-0.4, -0.2) is 0 Å². The summed E-state index contributed by atoms with van der Waals surface area (Å²) >= 11 is 0. The van der Waals surface area contributed by atoms with Crippen LogP contribution in [0.1, 0.15) is 12.8 Å². The Morgan fingerprint density at radius 3 is 2.89 bits per heavy atom. The van der Waals surface area contributed by atoms with E-state index in [9.17, 15) is 0 Å². The van der Waals surface area contributed by atoms with E-state index in [2.05, 4.69) is 0 Å². The van der Waals surface area contributed by atoms with Crippen LogP contribution in [-0.2, 0) is 0 Å². The molecule has 1 rings (SSSR count). The smallest absolute Gasteiger partial charge is 0.0988 e. The Bertz CT molecular complexity index is 205. The average Bonchev–Trinajstić information content (AvgIpc) is 1.88. The third-order valence-electron chi connectivity index (χ3n) is 1.27. The number of hydrogen-bond acceptors (Lipinski definition) is 2. The van der Waals surface area contributed by atoms with Gasteiger partial charge in [0.05, 0.1) is 6.07 Å². The Morgan fingerprint density at radius 1 is 1.67 bits per heavy atom. The lowest BCUT2D eigenvalue weighted by molar-refractivity contribution is 0.936. The van der Waals surface area contributed by atoms with Gasteiger partial charge in [0.1, 0.15) is 0 Å². The van der Waals surface area contributed by atoms with Crippen LogP contribution in [0.15, 0.2) is 23.4 Å². The summed E-state index contributed by atoms with van der Waals surface area (Å²) in [5.74, 6) is 0. The second kappa shape index (κ2) is 2.36. The van der Waals surface area contributed by atoms with Gasteiger partial charge in [0.2, 0.25) is 0 Å². The lowest BCUT2D eigenvalue weighted by atomic mass is 10.1. The minimum Gasteiger partial charge on any atom is -0.402 e. The second-order valence-corrected chi connectivity index (χ2v) is 2.03. The Morgan fingerprint density at radius 2 is 2.44 bits per heavy atom. The van der Waals surface area contributed by atoms with Gasteiger partial charge in [-0.1, -0.05) is 6.08 Å². The highest BCUT2D eigenvalue weighted by molar-refractivity contribution is 5.37. The molecule has 0 unspecified atom stereocenters. The van der Waals surface area contributed by atoms with E-state index < -0.39 is 0 Å². The summed E-state index contributed by atoms with van der Waals surface area (Å²) < 4.78 is 0. The number of hydrogen-bond donors (Lipinski definition) is 1. The van der Waals surface area contributed by atoms with Crippen LogP contribution in [0.5, 0.6) is 0 Å². The third-order valence-corrected chi connectivity index (χ3v) is 1.27. The molecule has 2 nitrogen and oxygen atoms in total. The van der Waals surface area contributed by atoms with E-state index in [1.54, 1.807) is 6.08 Å². The summed E-state index contributed by atoms with van der Waals surface area (Å²) in [5, 5.41) is 8.39. The first-order valence-electron chi connectivity index (χ1n) is 2.89. The van der Waals surface area contributed by atoms with Crippen molar-refractivity contribution in [3.63, 3.8) is 0 Å². The van der Waals surface area contributed by atoms with E-state index in [1.165, 1.54) is 0 Å². The molecule has 0 aromatic rings. The van der Waals surface area contributed by atoms with Gasteiger partial charge in [0, 0.05) is 11.3 Å². The zero-order valence-electron chi connectivity index (χ0n) is 5.09. The van der Waals surface area contributed by atoms with E-state index in [4.69, 9.17) is 11.0 Å². The molecule has 1 aliphatic carbocycles. The van der Waals surface area contributed by atoms with E-state index in [0.29, 0.717) is 5.57 Å². The maximum Gasteiger partial charge on any atom is 0.0988 e. The maximum absolute atomic E-state index is 8.39. The van der Waals surface area contributed by atoms with Gasteiger partial charge in [-0.2, -0.15) is 5.26 Å². The second-order valence-electron chi connectivity index (χ2n) is 2.03. The summed E-state index contributed by atoms with van der Waals surface area (Å²) in [5.41, 5.74) is 6.98. The highest BCUT2D eigenvalue weighted by Gasteiger charge is 1.99. The Kier molecular flexibility index (Phi) is 1.55. The molecule has 9 heavy (non-hydrogen) atoms. The van der Waals surface area contributed by atoms with Crippen LogP contribution < -0.4 is 5.73 Å². The van der Waals surface area contributed by atoms with E-state index in [1.807, 2.05) is 12.1 Å². The van der Waals surface area contributed by atoms with Gasteiger partial charge in [-0.15, -0.1) is 0 Å². The molecule has 2 N–H and O–H groups in total. The van der Waals surface area contributed by atoms with Crippen molar-refractivity contribution in [1.29, 1.82) is 5.26 Å². The van der Waals surface area contributed by atoms with Crippen LogP contribution >= 0.6 is 0 Å². The predicted octanol–water partition coefficient (Wildman–Crippen LogP) is 1.07. The van der Waals surface area contributed by atoms with Gasteiger partial charge in [0.25, 0.3) is 0 Å². The number of rotatable bonds is 0. The minimum absolute atomic E-state index is 0.693. The number of nitrogens with zero attached hydrogens (tertiary/aromatic N) is 1. The van der Waals surface area contributed by atoms with Crippen LogP contribution in [0.4, 0.5) is 0 Å². The van der Waals surface area contributed by atoms with Crippen LogP contribution in [0, 0.1) is 11.3 Å². The molecule has 0 heterocycles. The van der Waals surface area contributed by atoms with Crippen molar-refractivity contribution in [3.05, 3.63) is 23.4 Å². The lowest BCUT2D eigenvalue weighted by Crippen LogP contribution is -2.00. The molecule has 0 bridgehead atoms. The zero-order chi connectivity index (χ0) is 6.69. The molecule has 0 aromatic heterocycles. The van der Waals surface area contributed by atoms with Crippen LogP contribution in [0.25, 0.3) is 0 Å². The highest BCUT2D eigenvalue weighted by atomic mass is 14.6. The molecule has 0 amide bonds. The first-order chi connectivity index (χ1) is 4.33. The van der Waals surface area contributed by atoms with Gasteiger partial charge in [-0.3, -0.25) is 0 Å². The van der Waals surface area contributed by atoms with Gasteiger partial charge in [-0.05, 0) is 18.9 Å². The van der Waals surface area contributed by atoms with Crippen molar-refractivity contribution in [3.8, 4) is 6.07 Å². The van der Waals surface area contributed by atoms with Crippen molar-refractivity contribution >= 4 is 0 Å². The topological polar surface area (TPSA) is 49.8 Å². The molecule has 2 heteroatoms. The largest absolute Gasteiger partial charge is 0.402 e. The quantitative estimate of drug-likeness (QED) is 0.520. The molecule has 0 aliphatic heterocycles. The first-order valence-corrected chi connectivity index (χ1v) is 2.89. The molecule has 0 saturated carbocycles.